The van der Waals surface area contributed by atoms with E-state index in [1.54, 1.807) is 0 Å². The average Bonchev–Trinajstić information content (AvgIpc) is 2.35. The number of hydrogen-bond acceptors (Lipinski definition) is 1. The molecular weight excluding hydrogens is 253 g/mol. The zero-order valence-electron chi connectivity index (χ0n) is 9.21. The molecule has 1 N–H and O–H groups in total. The summed E-state index contributed by atoms with van der Waals surface area (Å²) in [7, 11) is 0. The molecule has 2 aromatic carbocycles. The van der Waals surface area contributed by atoms with Gasteiger partial charge in [-0.25, -0.2) is 0 Å². The minimum atomic E-state index is 0.599. The maximum Gasteiger partial charge on any atom is 0.0595 e. The van der Waals surface area contributed by atoms with Crippen molar-refractivity contribution < 1.29 is 0 Å². The largest absolute Gasteiger partial charge is 0.385 e. The zero-order chi connectivity index (χ0) is 12.1. The number of nitrogens with one attached hydrogen (secondary N) is 1. The lowest BCUT2D eigenvalue weighted by Gasteiger charge is -2.06. The molecule has 0 saturated carbocycles. The van der Waals surface area contributed by atoms with Crippen molar-refractivity contribution in [3.8, 4) is 0 Å². The number of halogens is 2. The van der Waals surface area contributed by atoms with Crippen LogP contribution in [0.2, 0.25) is 10.0 Å². The Morgan fingerprint density at radius 3 is 2.47 bits per heavy atom. The highest BCUT2D eigenvalue weighted by atomic mass is 35.5. The molecule has 17 heavy (non-hydrogen) atoms. The molecular formula is C14H12Cl2N. The molecule has 0 spiro atoms. The Hall–Kier alpha value is -1.18. The van der Waals surface area contributed by atoms with E-state index in [4.69, 9.17) is 23.2 Å². The predicted molar refractivity (Wildman–Crippen MR) is 73.9 cm³/mol. The lowest BCUT2D eigenvalue weighted by molar-refractivity contribution is 1.02. The molecule has 0 bridgehead atoms. The van der Waals surface area contributed by atoms with Gasteiger partial charge in [-0.3, -0.25) is 0 Å². The van der Waals surface area contributed by atoms with Crippen LogP contribution in [0.15, 0.2) is 42.5 Å². The van der Waals surface area contributed by atoms with Crippen LogP contribution in [-0.4, -0.2) is 6.54 Å². The van der Waals surface area contributed by atoms with Gasteiger partial charge in [0.1, 0.15) is 0 Å². The molecule has 0 amide bonds. The monoisotopic (exact) mass is 264 g/mol. The molecule has 0 fully saturated rings. The summed E-state index contributed by atoms with van der Waals surface area (Å²) in [5.41, 5.74) is 2.28. The molecule has 87 valence electrons. The van der Waals surface area contributed by atoms with Crippen LogP contribution < -0.4 is 5.32 Å². The Bertz CT molecular complexity index is 483. The fourth-order valence-electron chi connectivity index (χ4n) is 1.55. The minimum absolute atomic E-state index is 0.599. The first-order chi connectivity index (χ1) is 8.25. The van der Waals surface area contributed by atoms with Crippen molar-refractivity contribution in [1.82, 2.24) is 0 Å². The van der Waals surface area contributed by atoms with E-state index in [1.165, 1.54) is 5.56 Å². The van der Waals surface area contributed by atoms with Crippen molar-refractivity contribution in [3.05, 3.63) is 64.1 Å². The number of anilines is 1. The standard InChI is InChI=1S/C14H12Cl2N/c15-13-7-6-11(10-14(13)16)8-9-17-12-4-2-1-3-5-12/h2-7,10,17H,8-9H2. The Morgan fingerprint density at radius 2 is 1.76 bits per heavy atom. The lowest BCUT2D eigenvalue weighted by Crippen LogP contribution is -2.04. The molecule has 0 atom stereocenters. The Labute approximate surface area is 111 Å². The SMILES string of the molecule is Clc1ccc(CCNc2cc[c]cc2)cc1Cl. The maximum absolute atomic E-state index is 5.95. The van der Waals surface area contributed by atoms with Crippen molar-refractivity contribution in [2.24, 2.45) is 0 Å². The number of benzene rings is 2. The summed E-state index contributed by atoms with van der Waals surface area (Å²) in [5.74, 6) is 0. The van der Waals surface area contributed by atoms with E-state index >= 15 is 0 Å². The number of rotatable bonds is 4. The highest BCUT2D eigenvalue weighted by molar-refractivity contribution is 6.42. The third-order valence-electron chi connectivity index (χ3n) is 2.45. The summed E-state index contributed by atoms with van der Waals surface area (Å²) < 4.78 is 0. The highest BCUT2D eigenvalue weighted by Gasteiger charge is 1.99. The van der Waals surface area contributed by atoms with E-state index in [2.05, 4.69) is 11.4 Å². The first-order valence-electron chi connectivity index (χ1n) is 5.39. The van der Waals surface area contributed by atoms with Crippen molar-refractivity contribution in [3.63, 3.8) is 0 Å². The summed E-state index contributed by atoms with van der Waals surface area (Å²) in [4.78, 5) is 0. The van der Waals surface area contributed by atoms with Crippen LogP contribution in [0.1, 0.15) is 5.56 Å². The van der Waals surface area contributed by atoms with Crippen LogP contribution in [0.3, 0.4) is 0 Å². The van der Waals surface area contributed by atoms with Crippen LogP contribution in [0.25, 0.3) is 0 Å². The van der Waals surface area contributed by atoms with Gasteiger partial charge in [-0.15, -0.1) is 0 Å². The van der Waals surface area contributed by atoms with Crippen molar-refractivity contribution >= 4 is 28.9 Å². The topological polar surface area (TPSA) is 12.0 Å². The second-order valence-electron chi connectivity index (χ2n) is 3.71. The third-order valence-corrected chi connectivity index (χ3v) is 3.18. The van der Waals surface area contributed by atoms with E-state index in [-0.39, 0.29) is 0 Å². The van der Waals surface area contributed by atoms with Gasteiger partial charge in [0.2, 0.25) is 0 Å². The number of hydrogen-bond donors (Lipinski definition) is 1. The Morgan fingerprint density at radius 1 is 1.00 bits per heavy atom. The molecule has 0 aliphatic carbocycles. The maximum atomic E-state index is 5.95. The molecule has 2 aromatic rings. The van der Waals surface area contributed by atoms with Gasteiger partial charge in [0.15, 0.2) is 0 Å². The molecule has 0 saturated heterocycles. The lowest BCUT2D eigenvalue weighted by atomic mass is 10.1. The van der Waals surface area contributed by atoms with Gasteiger partial charge in [0.25, 0.3) is 0 Å². The van der Waals surface area contributed by atoms with Crippen LogP contribution in [0, 0.1) is 6.07 Å². The van der Waals surface area contributed by atoms with Crippen molar-refractivity contribution in [2.75, 3.05) is 11.9 Å². The van der Waals surface area contributed by atoms with Gasteiger partial charge in [-0.05, 0) is 42.3 Å². The van der Waals surface area contributed by atoms with Crippen molar-refractivity contribution in [2.45, 2.75) is 6.42 Å². The summed E-state index contributed by atoms with van der Waals surface area (Å²) in [5, 5.41) is 4.54. The van der Waals surface area contributed by atoms with E-state index in [0.717, 1.165) is 18.7 Å². The second kappa shape index (κ2) is 5.95. The van der Waals surface area contributed by atoms with Crippen molar-refractivity contribution in [1.29, 1.82) is 0 Å². The molecule has 1 nitrogen and oxygen atoms in total. The van der Waals surface area contributed by atoms with Gasteiger partial charge in [0.05, 0.1) is 10.0 Å². The smallest absolute Gasteiger partial charge is 0.0595 e. The zero-order valence-corrected chi connectivity index (χ0v) is 10.7. The van der Waals surface area contributed by atoms with Gasteiger partial charge < -0.3 is 5.32 Å². The quantitative estimate of drug-likeness (QED) is 0.861. The fraction of sp³-hybridized carbons (Fsp3) is 0.143. The van der Waals surface area contributed by atoms with Crippen LogP contribution in [0.5, 0.6) is 0 Å². The molecule has 0 aliphatic heterocycles. The molecule has 2 rings (SSSR count). The minimum Gasteiger partial charge on any atom is -0.385 e. The molecule has 3 heteroatoms. The fourth-order valence-corrected chi connectivity index (χ4v) is 1.87. The second-order valence-corrected chi connectivity index (χ2v) is 4.53. The van der Waals surface area contributed by atoms with Gasteiger partial charge in [-0.1, -0.05) is 41.4 Å². The molecule has 0 heterocycles. The third kappa shape index (κ3) is 3.65. The van der Waals surface area contributed by atoms with E-state index in [1.807, 2.05) is 42.5 Å². The Kier molecular flexibility index (Phi) is 4.29. The summed E-state index contributed by atoms with van der Waals surface area (Å²) in [6, 6.07) is 16.5. The summed E-state index contributed by atoms with van der Waals surface area (Å²) in [6.45, 7) is 0.863. The van der Waals surface area contributed by atoms with Gasteiger partial charge in [0, 0.05) is 12.2 Å². The molecule has 0 unspecified atom stereocenters. The van der Waals surface area contributed by atoms with Crippen LogP contribution in [-0.2, 0) is 6.42 Å². The molecule has 1 radical (unpaired) electrons. The predicted octanol–water partition coefficient (Wildman–Crippen LogP) is 4.45. The first kappa shape index (κ1) is 12.3. The highest BCUT2D eigenvalue weighted by Crippen LogP contribution is 2.22. The summed E-state index contributed by atoms with van der Waals surface area (Å²) >= 11 is 11.8. The Balaban J connectivity index is 1.88. The normalized spacial score (nSPS) is 10.2. The molecule has 0 aromatic heterocycles. The van der Waals surface area contributed by atoms with Crippen LogP contribution in [0.4, 0.5) is 5.69 Å². The van der Waals surface area contributed by atoms with E-state index < -0.39 is 0 Å². The molecule has 0 aliphatic rings. The van der Waals surface area contributed by atoms with E-state index in [9.17, 15) is 0 Å². The van der Waals surface area contributed by atoms with E-state index in [0.29, 0.717) is 10.0 Å². The van der Waals surface area contributed by atoms with Gasteiger partial charge in [-0.2, -0.15) is 0 Å². The summed E-state index contributed by atoms with van der Waals surface area (Å²) in [6.07, 6.45) is 0.912. The van der Waals surface area contributed by atoms with Crippen LogP contribution >= 0.6 is 23.2 Å². The first-order valence-corrected chi connectivity index (χ1v) is 6.15. The average molecular weight is 265 g/mol. The van der Waals surface area contributed by atoms with Gasteiger partial charge >= 0.3 is 0 Å².